The first kappa shape index (κ1) is 14.8. The number of methoxy groups -OCH3 is 1. The van der Waals surface area contributed by atoms with E-state index in [1.807, 2.05) is 35.2 Å². The Morgan fingerprint density at radius 1 is 1.09 bits per heavy atom. The molecule has 22 heavy (non-hydrogen) atoms. The highest BCUT2D eigenvalue weighted by Gasteiger charge is 2.38. The van der Waals surface area contributed by atoms with Gasteiger partial charge in [-0.1, -0.05) is 48.5 Å². The van der Waals surface area contributed by atoms with Crippen LogP contribution in [0.3, 0.4) is 0 Å². The molecule has 3 heteroatoms. The number of ether oxygens (including phenoxy) is 1. The number of hydrogen-bond donors (Lipinski definition) is 0. The summed E-state index contributed by atoms with van der Waals surface area (Å²) in [5, 5.41) is 0. The normalized spacial score (nSPS) is 18.4. The van der Waals surface area contributed by atoms with E-state index >= 15 is 0 Å². The van der Waals surface area contributed by atoms with Crippen molar-refractivity contribution in [2.75, 3.05) is 7.11 Å². The highest BCUT2D eigenvalue weighted by Crippen LogP contribution is 2.36. The third kappa shape index (κ3) is 2.64. The summed E-state index contributed by atoms with van der Waals surface area (Å²) in [5.41, 5.74) is 3.04. The van der Waals surface area contributed by atoms with Gasteiger partial charge in [0.2, 0.25) is 0 Å². The Hall–Kier alpha value is -2.13. The van der Waals surface area contributed by atoms with E-state index in [2.05, 4.69) is 31.2 Å². The van der Waals surface area contributed by atoms with Gasteiger partial charge in [-0.3, -0.25) is 4.79 Å². The Balaban J connectivity index is 1.75. The van der Waals surface area contributed by atoms with E-state index in [1.54, 1.807) is 7.11 Å². The average molecular weight is 295 g/mol. The molecule has 0 aromatic heterocycles. The zero-order chi connectivity index (χ0) is 15.5. The molecule has 2 atom stereocenters. The molecule has 0 aliphatic carbocycles. The van der Waals surface area contributed by atoms with Gasteiger partial charge in [0, 0.05) is 24.3 Å². The Kier molecular flexibility index (Phi) is 4.25. The molecule has 0 fully saturated rings. The van der Waals surface area contributed by atoms with E-state index in [0.29, 0.717) is 0 Å². The second-order valence-corrected chi connectivity index (χ2v) is 5.76. The van der Waals surface area contributed by atoms with Crippen LogP contribution in [0.15, 0.2) is 54.6 Å². The molecule has 0 spiro atoms. The molecule has 114 valence electrons. The summed E-state index contributed by atoms with van der Waals surface area (Å²) in [6.45, 7) is 2.10. The molecule has 2 aromatic carbocycles. The third-order valence-corrected chi connectivity index (χ3v) is 4.34. The molecular weight excluding hydrogens is 274 g/mol. The highest BCUT2D eigenvalue weighted by molar-refractivity contribution is 5.99. The molecule has 1 heterocycles. The molecule has 0 N–H and O–H groups in total. The summed E-state index contributed by atoms with van der Waals surface area (Å²) in [4.78, 5) is 14.5. The first-order valence-electron chi connectivity index (χ1n) is 7.70. The number of benzene rings is 2. The van der Waals surface area contributed by atoms with Crippen molar-refractivity contribution >= 4 is 5.91 Å². The summed E-state index contributed by atoms with van der Waals surface area (Å²) in [7, 11) is 1.66. The lowest BCUT2D eigenvalue weighted by molar-refractivity contribution is -0.0295. The van der Waals surface area contributed by atoms with Crippen molar-refractivity contribution in [2.45, 2.75) is 32.0 Å². The number of rotatable bonds is 5. The van der Waals surface area contributed by atoms with Gasteiger partial charge in [0.05, 0.1) is 0 Å². The standard InChI is InChI=1S/C19H21NO2/c1-14(12-13-15-8-4-3-5-9-15)20-18(21)16-10-6-7-11-17(16)19(20)22-2/h3-11,14,19H,12-13H2,1-2H3/t14-,19+/m0/s1. The van der Waals surface area contributed by atoms with Crippen molar-refractivity contribution in [3.63, 3.8) is 0 Å². The Morgan fingerprint density at radius 3 is 2.50 bits per heavy atom. The van der Waals surface area contributed by atoms with Gasteiger partial charge in [-0.2, -0.15) is 0 Å². The van der Waals surface area contributed by atoms with Crippen LogP contribution in [0.25, 0.3) is 0 Å². The summed E-state index contributed by atoms with van der Waals surface area (Å²) < 4.78 is 5.60. The molecule has 0 bridgehead atoms. The van der Waals surface area contributed by atoms with Gasteiger partial charge >= 0.3 is 0 Å². The molecule has 0 saturated heterocycles. The van der Waals surface area contributed by atoms with Crippen molar-refractivity contribution in [2.24, 2.45) is 0 Å². The summed E-state index contributed by atoms with van der Waals surface area (Å²) in [6.07, 6.45) is 1.61. The van der Waals surface area contributed by atoms with E-state index in [1.165, 1.54) is 5.56 Å². The number of aryl methyl sites for hydroxylation is 1. The van der Waals surface area contributed by atoms with E-state index < -0.39 is 0 Å². The van der Waals surface area contributed by atoms with Gasteiger partial charge in [0.15, 0.2) is 6.23 Å². The monoisotopic (exact) mass is 295 g/mol. The molecule has 0 unspecified atom stereocenters. The van der Waals surface area contributed by atoms with Crippen molar-refractivity contribution in [3.8, 4) is 0 Å². The summed E-state index contributed by atoms with van der Waals surface area (Å²) in [6, 6.07) is 18.2. The van der Waals surface area contributed by atoms with E-state index in [0.717, 1.165) is 24.0 Å². The number of hydrogen-bond acceptors (Lipinski definition) is 2. The smallest absolute Gasteiger partial charge is 0.256 e. The Bertz CT molecular complexity index is 653. The molecular formula is C19H21NO2. The topological polar surface area (TPSA) is 29.5 Å². The fourth-order valence-corrected chi connectivity index (χ4v) is 3.13. The van der Waals surface area contributed by atoms with Crippen LogP contribution < -0.4 is 0 Å². The maximum Gasteiger partial charge on any atom is 0.256 e. The number of carbonyl (C=O) groups is 1. The quantitative estimate of drug-likeness (QED) is 0.839. The molecule has 0 radical (unpaired) electrons. The van der Waals surface area contributed by atoms with Crippen LogP contribution in [0.1, 0.15) is 41.1 Å². The molecule has 2 aromatic rings. The Labute approximate surface area is 131 Å². The molecule has 1 amide bonds. The number of carbonyl (C=O) groups excluding carboxylic acids is 1. The van der Waals surface area contributed by atoms with Gasteiger partial charge < -0.3 is 9.64 Å². The van der Waals surface area contributed by atoms with Crippen LogP contribution in [0.4, 0.5) is 0 Å². The van der Waals surface area contributed by atoms with Gasteiger partial charge in [-0.15, -0.1) is 0 Å². The first-order chi connectivity index (χ1) is 10.7. The van der Waals surface area contributed by atoms with Crippen LogP contribution in [-0.4, -0.2) is 24.0 Å². The third-order valence-electron chi connectivity index (χ3n) is 4.34. The molecule has 1 aliphatic heterocycles. The van der Waals surface area contributed by atoms with Crippen LogP contribution in [-0.2, 0) is 11.2 Å². The minimum atomic E-state index is -0.269. The van der Waals surface area contributed by atoms with Crippen LogP contribution >= 0.6 is 0 Å². The van der Waals surface area contributed by atoms with Crippen molar-refractivity contribution in [1.29, 1.82) is 0 Å². The molecule has 0 saturated carbocycles. The zero-order valence-electron chi connectivity index (χ0n) is 13.0. The Morgan fingerprint density at radius 2 is 1.77 bits per heavy atom. The predicted molar refractivity (Wildman–Crippen MR) is 86.6 cm³/mol. The molecule has 3 rings (SSSR count). The van der Waals surface area contributed by atoms with Crippen LogP contribution in [0.2, 0.25) is 0 Å². The largest absolute Gasteiger partial charge is 0.357 e. The lowest BCUT2D eigenvalue weighted by atomic mass is 10.1. The van der Waals surface area contributed by atoms with Gasteiger partial charge in [0.1, 0.15) is 0 Å². The van der Waals surface area contributed by atoms with Gasteiger partial charge in [-0.25, -0.2) is 0 Å². The lowest BCUT2D eigenvalue weighted by Crippen LogP contribution is -2.37. The maximum atomic E-state index is 12.7. The minimum Gasteiger partial charge on any atom is -0.357 e. The van der Waals surface area contributed by atoms with Crippen LogP contribution in [0.5, 0.6) is 0 Å². The number of nitrogens with zero attached hydrogens (tertiary/aromatic N) is 1. The average Bonchev–Trinajstić information content (AvgIpc) is 2.86. The number of amides is 1. The summed E-state index contributed by atoms with van der Waals surface area (Å²) in [5.74, 6) is 0.0722. The minimum absolute atomic E-state index is 0.0722. The molecule has 1 aliphatic rings. The van der Waals surface area contributed by atoms with Crippen molar-refractivity contribution in [3.05, 3.63) is 71.3 Å². The molecule has 3 nitrogen and oxygen atoms in total. The highest BCUT2D eigenvalue weighted by atomic mass is 16.5. The van der Waals surface area contributed by atoms with Crippen molar-refractivity contribution < 1.29 is 9.53 Å². The second-order valence-electron chi connectivity index (χ2n) is 5.76. The number of fused-ring (bicyclic) bond motifs is 1. The summed E-state index contributed by atoms with van der Waals surface area (Å²) >= 11 is 0. The SMILES string of the molecule is CO[C@@H]1c2ccccc2C(=O)N1[C@@H](C)CCc1ccccc1. The van der Waals surface area contributed by atoms with E-state index in [4.69, 9.17) is 4.74 Å². The second kappa shape index (κ2) is 6.32. The van der Waals surface area contributed by atoms with E-state index in [-0.39, 0.29) is 18.2 Å². The zero-order valence-corrected chi connectivity index (χ0v) is 13.0. The van der Waals surface area contributed by atoms with Crippen molar-refractivity contribution in [1.82, 2.24) is 4.90 Å². The fourth-order valence-electron chi connectivity index (χ4n) is 3.13. The maximum absolute atomic E-state index is 12.7. The van der Waals surface area contributed by atoms with E-state index in [9.17, 15) is 4.79 Å². The van der Waals surface area contributed by atoms with Gasteiger partial charge in [-0.05, 0) is 31.4 Å². The first-order valence-corrected chi connectivity index (χ1v) is 7.70. The lowest BCUT2D eigenvalue weighted by Gasteiger charge is -2.30. The predicted octanol–water partition coefficient (Wildman–Crippen LogP) is 3.81. The van der Waals surface area contributed by atoms with Gasteiger partial charge in [0.25, 0.3) is 5.91 Å². The fraction of sp³-hybridized carbons (Fsp3) is 0.316. The van der Waals surface area contributed by atoms with Crippen LogP contribution in [0, 0.1) is 0 Å².